The lowest BCUT2D eigenvalue weighted by atomic mass is 9.33. The van der Waals surface area contributed by atoms with Gasteiger partial charge in [0.25, 0.3) is 6.71 Å². The molecule has 6 aromatic rings. The molecule has 0 saturated carbocycles. The Morgan fingerprint density at radius 3 is 1.79 bits per heavy atom. The Morgan fingerprint density at radius 2 is 1.02 bits per heavy atom. The molecule has 0 saturated heterocycles. The Hall–Kier alpha value is -5.42. The Morgan fingerprint density at radius 1 is 0.452 bits per heavy atom. The van der Waals surface area contributed by atoms with E-state index in [4.69, 9.17) is 9.47 Å². The van der Waals surface area contributed by atoms with Gasteiger partial charge in [-0.1, -0.05) is 72.3 Å². The number of rotatable bonds is 2. The summed E-state index contributed by atoms with van der Waals surface area (Å²) in [4.78, 5) is 4.73. The van der Waals surface area contributed by atoms with E-state index in [1.807, 2.05) is 24.3 Å². The van der Waals surface area contributed by atoms with Crippen molar-refractivity contribution in [1.82, 2.24) is 0 Å². The van der Waals surface area contributed by atoms with Crippen molar-refractivity contribution < 1.29 is 9.47 Å². The summed E-state index contributed by atoms with van der Waals surface area (Å²) in [5.41, 5.74) is 11.5. The van der Waals surface area contributed by atoms with Crippen LogP contribution in [-0.2, 0) is 0 Å². The van der Waals surface area contributed by atoms with E-state index in [9.17, 15) is 0 Å². The molecule has 42 heavy (non-hydrogen) atoms. The SMILES string of the molecule is Cc1cc(N2c3ccccc3Oc3ccccc32)cc2c1B1c3ccccc3Oc3cccc(c31)N2c1ccccc1. The molecule has 3 aliphatic heterocycles. The number of anilines is 6. The average molecular weight is 540 g/mol. The average Bonchev–Trinajstić information content (AvgIpc) is 3.03. The summed E-state index contributed by atoms with van der Waals surface area (Å²) in [7, 11) is 0. The molecule has 6 aromatic carbocycles. The summed E-state index contributed by atoms with van der Waals surface area (Å²) < 4.78 is 12.8. The highest BCUT2D eigenvalue weighted by Gasteiger charge is 2.43. The number of nitrogens with zero attached hydrogens (tertiary/aromatic N) is 2. The fraction of sp³-hybridized carbons (Fsp3) is 0.0270. The second-order valence-electron chi connectivity index (χ2n) is 11.0. The van der Waals surface area contributed by atoms with Gasteiger partial charge in [-0.15, -0.1) is 0 Å². The van der Waals surface area contributed by atoms with Crippen LogP contribution in [0.25, 0.3) is 0 Å². The maximum atomic E-state index is 6.51. The number of para-hydroxylation sites is 6. The number of aryl methyl sites for hydroxylation is 1. The van der Waals surface area contributed by atoms with Crippen LogP contribution in [0.15, 0.2) is 133 Å². The number of hydrogen-bond acceptors (Lipinski definition) is 4. The van der Waals surface area contributed by atoms with E-state index in [1.165, 1.54) is 27.6 Å². The first-order chi connectivity index (χ1) is 20.8. The summed E-state index contributed by atoms with van der Waals surface area (Å²) in [6.07, 6.45) is 0. The van der Waals surface area contributed by atoms with Crippen molar-refractivity contribution in [2.75, 3.05) is 9.80 Å². The van der Waals surface area contributed by atoms with Crippen LogP contribution in [0.5, 0.6) is 23.0 Å². The van der Waals surface area contributed by atoms with E-state index in [0.29, 0.717) is 0 Å². The van der Waals surface area contributed by atoms with Crippen LogP contribution in [0.2, 0.25) is 0 Å². The highest BCUT2D eigenvalue weighted by atomic mass is 16.5. The zero-order chi connectivity index (χ0) is 27.8. The van der Waals surface area contributed by atoms with Crippen LogP contribution < -0.4 is 35.7 Å². The van der Waals surface area contributed by atoms with Crippen LogP contribution in [0.4, 0.5) is 34.1 Å². The van der Waals surface area contributed by atoms with Crippen molar-refractivity contribution in [3.05, 3.63) is 139 Å². The lowest BCUT2D eigenvalue weighted by Gasteiger charge is -2.41. The topological polar surface area (TPSA) is 24.9 Å². The summed E-state index contributed by atoms with van der Waals surface area (Å²) >= 11 is 0. The molecule has 0 radical (unpaired) electrons. The van der Waals surface area contributed by atoms with Crippen molar-refractivity contribution >= 4 is 57.2 Å². The largest absolute Gasteiger partial charge is 0.458 e. The molecule has 0 unspecified atom stereocenters. The van der Waals surface area contributed by atoms with Crippen molar-refractivity contribution in [3.8, 4) is 23.0 Å². The molecule has 0 fully saturated rings. The van der Waals surface area contributed by atoms with Crippen LogP contribution in [-0.4, -0.2) is 6.71 Å². The van der Waals surface area contributed by atoms with E-state index >= 15 is 0 Å². The molecule has 0 aromatic heterocycles. The third kappa shape index (κ3) is 3.25. The van der Waals surface area contributed by atoms with Crippen molar-refractivity contribution in [1.29, 1.82) is 0 Å². The molecule has 0 N–H and O–H groups in total. The standard InChI is InChI=1S/C37H25BN2O2/c1-24-22-26(40-28-15-6-9-19-33(28)42-34-20-10-7-16-29(34)40)23-31-36(24)38-27-14-5-8-18-32(27)41-35-21-11-17-30(37(35)38)39(31)25-12-3-2-4-13-25/h2-23H,1H3. The lowest BCUT2D eigenvalue weighted by Crippen LogP contribution is -2.60. The molecule has 3 heterocycles. The minimum atomic E-state index is 0.0643. The van der Waals surface area contributed by atoms with E-state index < -0.39 is 0 Å². The second-order valence-corrected chi connectivity index (χ2v) is 11.0. The number of ether oxygens (including phenoxy) is 2. The molecule has 0 aliphatic carbocycles. The Balaban J connectivity index is 1.35. The molecule has 5 heteroatoms. The molecular formula is C37H25BN2O2. The monoisotopic (exact) mass is 540 g/mol. The smallest absolute Gasteiger partial charge is 0.256 e. The summed E-state index contributed by atoms with van der Waals surface area (Å²) in [6.45, 7) is 2.31. The minimum absolute atomic E-state index is 0.0643. The third-order valence-electron chi connectivity index (χ3n) is 8.61. The molecule has 0 bridgehead atoms. The molecule has 0 spiro atoms. The van der Waals surface area contributed by atoms with Gasteiger partial charge >= 0.3 is 0 Å². The molecule has 198 valence electrons. The van der Waals surface area contributed by atoms with Gasteiger partial charge in [0.05, 0.1) is 11.4 Å². The molecule has 0 amide bonds. The number of benzene rings is 6. The number of hydrogen-bond donors (Lipinski definition) is 0. The fourth-order valence-corrected chi connectivity index (χ4v) is 6.91. The maximum Gasteiger partial charge on any atom is 0.256 e. The van der Waals surface area contributed by atoms with E-state index in [0.717, 1.165) is 51.4 Å². The van der Waals surface area contributed by atoms with Gasteiger partial charge in [0.1, 0.15) is 11.5 Å². The third-order valence-corrected chi connectivity index (χ3v) is 8.61. The van der Waals surface area contributed by atoms with Gasteiger partial charge in [0, 0.05) is 22.7 Å². The highest BCUT2D eigenvalue weighted by Crippen LogP contribution is 2.51. The van der Waals surface area contributed by atoms with Crippen molar-refractivity contribution in [2.24, 2.45) is 0 Å². The Kier molecular flexibility index (Phi) is 4.88. The van der Waals surface area contributed by atoms with Gasteiger partial charge in [-0.05, 0) is 90.0 Å². The minimum Gasteiger partial charge on any atom is -0.458 e. The Labute approximate surface area is 245 Å². The van der Waals surface area contributed by atoms with E-state index in [2.05, 4.69) is 126 Å². The van der Waals surface area contributed by atoms with Gasteiger partial charge in [0.2, 0.25) is 0 Å². The van der Waals surface area contributed by atoms with E-state index in [1.54, 1.807) is 0 Å². The maximum absolute atomic E-state index is 6.51. The van der Waals surface area contributed by atoms with Gasteiger partial charge < -0.3 is 19.3 Å². The predicted octanol–water partition coefficient (Wildman–Crippen LogP) is 7.98. The first kappa shape index (κ1) is 23.3. The second kappa shape index (κ2) is 8.79. The zero-order valence-electron chi connectivity index (χ0n) is 23.0. The van der Waals surface area contributed by atoms with Gasteiger partial charge in [-0.2, -0.15) is 0 Å². The molecule has 4 nitrogen and oxygen atoms in total. The molecule has 0 atom stereocenters. The quantitative estimate of drug-likeness (QED) is 0.208. The summed E-state index contributed by atoms with van der Waals surface area (Å²) in [6, 6.07) is 46.7. The molecule has 9 rings (SSSR count). The highest BCUT2D eigenvalue weighted by molar-refractivity contribution is 6.99. The van der Waals surface area contributed by atoms with Gasteiger partial charge in [-0.3, -0.25) is 0 Å². The van der Waals surface area contributed by atoms with Crippen LogP contribution in [0.3, 0.4) is 0 Å². The normalized spacial score (nSPS) is 13.6. The van der Waals surface area contributed by atoms with Crippen LogP contribution >= 0.6 is 0 Å². The van der Waals surface area contributed by atoms with Gasteiger partial charge in [-0.25, -0.2) is 0 Å². The zero-order valence-corrected chi connectivity index (χ0v) is 23.0. The first-order valence-electron chi connectivity index (χ1n) is 14.3. The van der Waals surface area contributed by atoms with Crippen LogP contribution in [0.1, 0.15) is 5.56 Å². The Bertz CT molecular complexity index is 2000. The summed E-state index contributed by atoms with van der Waals surface area (Å²) in [5, 5.41) is 0. The van der Waals surface area contributed by atoms with Gasteiger partial charge in [0.15, 0.2) is 11.5 Å². The lowest BCUT2D eigenvalue weighted by molar-refractivity contribution is 0.477. The van der Waals surface area contributed by atoms with Crippen LogP contribution in [0, 0.1) is 6.92 Å². The molecule has 3 aliphatic rings. The number of fused-ring (bicyclic) bond motifs is 6. The first-order valence-corrected chi connectivity index (χ1v) is 14.3. The molecular weight excluding hydrogens is 515 g/mol. The summed E-state index contributed by atoms with van der Waals surface area (Å²) in [5.74, 6) is 3.53. The van der Waals surface area contributed by atoms with Crippen molar-refractivity contribution in [2.45, 2.75) is 6.92 Å². The van der Waals surface area contributed by atoms with E-state index in [-0.39, 0.29) is 6.71 Å². The van der Waals surface area contributed by atoms with Crippen molar-refractivity contribution in [3.63, 3.8) is 0 Å². The predicted molar refractivity (Wildman–Crippen MR) is 172 cm³/mol. The fourth-order valence-electron chi connectivity index (χ4n) is 6.91.